The molecule has 3 nitrogen and oxygen atoms in total. The Kier molecular flexibility index (Phi) is 2.17. The van der Waals surface area contributed by atoms with Crippen molar-refractivity contribution in [2.24, 2.45) is 7.05 Å². The van der Waals surface area contributed by atoms with Crippen LogP contribution in [0.5, 0.6) is 0 Å². The predicted molar refractivity (Wildman–Crippen MR) is 50.3 cm³/mol. The lowest BCUT2D eigenvalue weighted by Crippen LogP contribution is -2.02. The Labute approximate surface area is 80.3 Å². The zero-order valence-corrected chi connectivity index (χ0v) is 8.66. The summed E-state index contributed by atoms with van der Waals surface area (Å²) in [7, 11) is 1.96. The zero-order valence-electron chi connectivity index (χ0n) is 7.07. The average Bonchev–Trinajstić information content (AvgIpc) is 2.58. The lowest BCUT2D eigenvalue weighted by atomic mass is 10.1. The lowest BCUT2D eigenvalue weighted by molar-refractivity contribution is 0.608. The molecule has 0 saturated heterocycles. The van der Waals surface area contributed by atoms with Gasteiger partial charge in [-0.15, -0.1) is 5.10 Å². The van der Waals surface area contributed by atoms with Crippen LogP contribution >= 0.6 is 15.9 Å². The molecule has 1 aromatic heterocycles. The van der Waals surface area contributed by atoms with Gasteiger partial charge in [-0.25, -0.2) is 0 Å². The van der Waals surface area contributed by atoms with Gasteiger partial charge in [-0.1, -0.05) is 21.1 Å². The highest BCUT2D eigenvalue weighted by atomic mass is 79.9. The minimum atomic E-state index is 0.661. The molecule has 2 atom stereocenters. The monoisotopic (exact) mass is 229 g/mol. The maximum atomic E-state index is 3.94. The molecule has 1 heterocycles. The third kappa shape index (κ3) is 1.40. The molecule has 0 spiro atoms. The smallest absolute Gasteiger partial charge is 0.0727 e. The molecule has 12 heavy (non-hydrogen) atoms. The summed E-state index contributed by atoms with van der Waals surface area (Å²) in [4.78, 5) is 0.692. The molecule has 0 bridgehead atoms. The Morgan fingerprint density at radius 3 is 2.92 bits per heavy atom. The molecule has 1 saturated carbocycles. The number of aromatic nitrogens is 3. The molecule has 1 aliphatic carbocycles. The van der Waals surface area contributed by atoms with Gasteiger partial charge < -0.3 is 0 Å². The normalized spacial score (nSPS) is 29.5. The van der Waals surface area contributed by atoms with Crippen molar-refractivity contribution >= 4 is 15.9 Å². The number of halogens is 1. The molecule has 1 fully saturated rings. The number of aryl methyl sites for hydroxylation is 1. The zero-order chi connectivity index (χ0) is 8.55. The molecule has 0 N–H and O–H groups in total. The summed E-state index contributed by atoms with van der Waals surface area (Å²) in [5, 5.41) is 7.83. The van der Waals surface area contributed by atoms with Crippen LogP contribution in [0.3, 0.4) is 0 Å². The van der Waals surface area contributed by atoms with Crippen LogP contribution in [0.2, 0.25) is 0 Å². The van der Waals surface area contributed by atoms with E-state index in [1.54, 1.807) is 0 Å². The fourth-order valence-corrected chi connectivity index (χ4v) is 2.58. The van der Waals surface area contributed by atoms with E-state index >= 15 is 0 Å². The van der Waals surface area contributed by atoms with E-state index in [0.29, 0.717) is 10.7 Å². The average molecular weight is 230 g/mol. The second-order valence-corrected chi connectivity index (χ2v) is 4.68. The molecule has 0 radical (unpaired) electrons. The molecule has 4 heteroatoms. The van der Waals surface area contributed by atoms with Crippen LogP contribution in [0.4, 0.5) is 0 Å². The molecule has 1 aromatic rings. The highest BCUT2D eigenvalue weighted by molar-refractivity contribution is 9.09. The first-order valence-electron chi connectivity index (χ1n) is 4.26. The van der Waals surface area contributed by atoms with Crippen molar-refractivity contribution in [3.8, 4) is 0 Å². The highest BCUT2D eigenvalue weighted by Crippen LogP contribution is 2.37. The van der Waals surface area contributed by atoms with Crippen LogP contribution in [0, 0.1) is 0 Å². The Hall–Kier alpha value is -0.380. The first-order chi connectivity index (χ1) is 5.77. The van der Waals surface area contributed by atoms with E-state index in [1.165, 1.54) is 25.0 Å². The highest BCUT2D eigenvalue weighted by Gasteiger charge is 2.25. The minimum Gasteiger partial charge on any atom is -0.252 e. The molecule has 2 rings (SSSR count). The van der Waals surface area contributed by atoms with Crippen LogP contribution < -0.4 is 0 Å². The quantitative estimate of drug-likeness (QED) is 0.689. The van der Waals surface area contributed by atoms with E-state index in [0.717, 1.165) is 0 Å². The molecular formula is C8H12BrN3. The summed E-state index contributed by atoms with van der Waals surface area (Å²) >= 11 is 3.64. The minimum absolute atomic E-state index is 0.661. The summed E-state index contributed by atoms with van der Waals surface area (Å²) in [6.07, 6.45) is 5.64. The second kappa shape index (κ2) is 3.17. The summed E-state index contributed by atoms with van der Waals surface area (Å²) < 4.78 is 1.88. The van der Waals surface area contributed by atoms with Crippen LogP contribution in [0.25, 0.3) is 0 Å². The van der Waals surface area contributed by atoms with Crippen LogP contribution in [0.15, 0.2) is 6.20 Å². The van der Waals surface area contributed by atoms with Gasteiger partial charge in [0.25, 0.3) is 0 Å². The van der Waals surface area contributed by atoms with E-state index in [9.17, 15) is 0 Å². The Bertz CT molecular complexity index is 271. The van der Waals surface area contributed by atoms with Crippen molar-refractivity contribution in [1.82, 2.24) is 15.0 Å². The van der Waals surface area contributed by atoms with Crippen LogP contribution in [-0.4, -0.2) is 19.8 Å². The third-order valence-electron chi connectivity index (χ3n) is 2.54. The van der Waals surface area contributed by atoms with Crippen molar-refractivity contribution in [1.29, 1.82) is 0 Å². The van der Waals surface area contributed by atoms with E-state index in [2.05, 4.69) is 26.2 Å². The first kappa shape index (κ1) is 8.23. The van der Waals surface area contributed by atoms with Gasteiger partial charge in [-0.05, 0) is 19.3 Å². The number of nitrogens with zero attached hydrogens (tertiary/aromatic N) is 3. The lowest BCUT2D eigenvalue weighted by Gasteiger charge is -2.07. The van der Waals surface area contributed by atoms with Gasteiger partial charge in [0.2, 0.25) is 0 Å². The molecule has 66 valence electrons. The van der Waals surface area contributed by atoms with E-state index < -0.39 is 0 Å². The molecule has 0 amide bonds. The number of rotatable bonds is 1. The fraction of sp³-hybridized carbons (Fsp3) is 0.750. The van der Waals surface area contributed by atoms with Crippen molar-refractivity contribution in [2.45, 2.75) is 30.0 Å². The Balaban J connectivity index is 2.16. The number of hydrogen-bond donors (Lipinski definition) is 0. The van der Waals surface area contributed by atoms with Crippen molar-refractivity contribution in [3.63, 3.8) is 0 Å². The van der Waals surface area contributed by atoms with Crippen molar-refractivity contribution in [2.75, 3.05) is 0 Å². The Morgan fingerprint density at radius 1 is 1.58 bits per heavy atom. The van der Waals surface area contributed by atoms with Gasteiger partial charge in [-0.2, -0.15) is 0 Å². The van der Waals surface area contributed by atoms with Gasteiger partial charge in [0.05, 0.1) is 11.9 Å². The van der Waals surface area contributed by atoms with Crippen LogP contribution in [-0.2, 0) is 7.05 Å². The van der Waals surface area contributed by atoms with Gasteiger partial charge in [0.15, 0.2) is 0 Å². The molecular weight excluding hydrogens is 218 g/mol. The largest absolute Gasteiger partial charge is 0.252 e. The van der Waals surface area contributed by atoms with E-state index in [1.807, 2.05) is 17.9 Å². The SMILES string of the molecule is Cn1nncc1C1CCC(Br)C1. The van der Waals surface area contributed by atoms with E-state index in [-0.39, 0.29) is 0 Å². The van der Waals surface area contributed by atoms with Gasteiger partial charge in [0.1, 0.15) is 0 Å². The fourth-order valence-electron chi connectivity index (χ4n) is 1.86. The maximum absolute atomic E-state index is 3.94. The number of alkyl halides is 1. The summed E-state index contributed by atoms with van der Waals surface area (Å²) in [5.74, 6) is 0.661. The summed E-state index contributed by atoms with van der Waals surface area (Å²) in [6, 6.07) is 0. The summed E-state index contributed by atoms with van der Waals surface area (Å²) in [6.45, 7) is 0. The predicted octanol–water partition coefficient (Wildman–Crippen LogP) is 1.85. The molecule has 1 aliphatic rings. The topological polar surface area (TPSA) is 30.7 Å². The van der Waals surface area contributed by atoms with Gasteiger partial charge in [0, 0.05) is 17.8 Å². The maximum Gasteiger partial charge on any atom is 0.0727 e. The van der Waals surface area contributed by atoms with E-state index in [4.69, 9.17) is 0 Å². The molecule has 0 aromatic carbocycles. The third-order valence-corrected chi connectivity index (χ3v) is 3.37. The first-order valence-corrected chi connectivity index (χ1v) is 5.17. The second-order valence-electron chi connectivity index (χ2n) is 3.39. The molecule has 0 aliphatic heterocycles. The van der Waals surface area contributed by atoms with Crippen molar-refractivity contribution < 1.29 is 0 Å². The Morgan fingerprint density at radius 2 is 2.42 bits per heavy atom. The molecule has 2 unspecified atom stereocenters. The van der Waals surface area contributed by atoms with Gasteiger partial charge in [-0.3, -0.25) is 4.68 Å². The van der Waals surface area contributed by atoms with Crippen molar-refractivity contribution in [3.05, 3.63) is 11.9 Å². The van der Waals surface area contributed by atoms with Gasteiger partial charge >= 0.3 is 0 Å². The number of hydrogen-bond acceptors (Lipinski definition) is 2. The summed E-state index contributed by atoms with van der Waals surface area (Å²) in [5.41, 5.74) is 1.27. The standard InChI is InChI=1S/C8H12BrN3/c1-12-8(5-10-11-12)6-2-3-7(9)4-6/h5-7H,2-4H2,1H3. The van der Waals surface area contributed by atoms with Crippen LogP contribution in [0.1, 0.15) is 30.9 Å².